The minimum atomic E-state index is -1.01. The second-order valence-electron chi connectivity index (χ2n) is 8.39. The second kappa shape index (κ2) is 8.27. The van der Waals surface area contributed by atoms with Crippen molar-refractivity contribution >= 4 is 18.0 Å². The van der Waals surface area contributed by atoms with E-state index >= 15 is 0 Å². The lowest BCUT2D eigenvalue weighted by atomic mass is 9.96. The van der Waals surface area contributed by atoms with Crippen LogP contribution in [0.15, 0.2) is 48.5 Å². The molecule has 2 heterocycles. The third-order valence-corrected chi connectivity index (χ3v) is 6.63. The standard InChI is InChI=1S/C24H24N2O6/c27-22(26-10-9-21(26)23(28)29)19-11-31-13-20(19)25-24(30)32-12-18-16-7-3-1-5-14(16)15-6-2-4-8-17(15)18/h1-8,18-21H,9-13H2,(H,25,30)(H,28,29). The molecule has 32 heavy (non-hydrogen) atoms. The molecule has 2 amide bonds. The van der Waals surface area contributed by atoms with Gasteiger partial charge in [0.25, 0.3) is 0 Å². The van der Waals surface area contributed by atoms with Gasteiger partial charge in [0.15, 0.2) is 0 Å². The van der Waals surface area contributed by atoms with Gasteiger partial charge in [-0.25, -0.2) is 9.59 Å². The number of likely N-dealkylation sites (tertiary alicyclic amines) is 1. The van der Waals surface area contributed by atoms with Crippen LogP contribution in [0.1, 0.15) is 23.5 Å². The van der Waals surface area contributed by atoms with Crippen molar-refractivity contribution in [2.75, 3.05) is 26.4 Å². The maximum Gasteiger partial charge on any atom is 0.407 e. The summed E-state index contributed by atoms with van der Waals surface area (Å²) in [4.78, 5) is 37.9. The molecule has 2 aromatic carbocycles. The normalized spacial score (nSPS) is 23.8. The lowest BCUT2D eigenvalue weighted by Gasteiger charge is -2.40. The van der Waals surface area contributed by atoms with Crippen molar-refractivity contribution in [1.82, 2.24) is 10.2 Å². The van der Waals surface area contributed by atoms with E-state index in [0.717, 1.165) is 22.3 Å². The summed E-state index contributed by atoms with van der Waals surface area (Å²) in [5.74, 6) is -1.98. The van der Waals surface area contributed by atoms with Crippen LogP contribution in [0.3, 0.4) is 0 Å². The van der Waals surface area contributed by atoms with Crippen molar-refractivity contribution in [3.63, 3.8) is 0 Å². The molecule has 2 fully saturated rings. The van der Waals surface area contributed by atoms with E-state index in [1.807, 2.05) is 36.4 Å². The molecule has 2 aliphatic heterocycles. The van der Waals surface area contributed by atoms with Gasteiger partial charge < -0.3 is 24.8 Å². The van der Waals surface area contributed by atoms with Crippen LogP contribution in [-0.4, -0.2) is 66.4 Å². The van der Waals surface area contributed by atoms with Gasteiger partial charge in [-0.3, -0.25) is 4.79 Å². The number of aliphatic carboxylic acids is 1. The Morgan fingerprint density at radius 3 is 2.28 bits per heavy atom. The third kappa shape index (κ3) is 3.50. The zero-order chi connectivity index (χ0) is 22.2. The van der Waals surface area contributed by atoms with Gasteiger partial charge in [0.05, 0.1) is 25.2 Å². The molecule has 0 saturated carbocycles. The highest BCUT2D eigenvalue weighted by molar-refractivity contribution is 5.88. The topological polar surface area (TPSA) is 105 Å². The molecular weight excluding hydrogens is 412 g/mol. The monoisotopic (exact) mass is 436 g/mol. The minimum Gasteiger partial charge on any atom is -0.480 e. The quantitative estimate of drug-likeness (QED) is 0.745. The average molecular weight is 436 g/mol. The number of rotatable bonds is 5. The third-order valence-electron chi connectivity index (χ3n) is 6.63. The number of ether oxygens (including phenoxy) is 2. The fourth-order valence-electron chi connectivity index (χ4n) is 4.85. The first-order valence-corrected chi connectivity index (χ1v) is 10.8. The van der Waals surface area contributed by atoms with Crippen LogP contribution < -0.4 is 5.32 Å². The Labute approximate surface area is 185 Å². The molecule has 1 aliphatic carbocycles. The lowest BCUT2D eigenvalue weighted by molar-refractivity contribution is -0.159. The number of hydrogen-bond donors (Lipinski definition) is 2. The molecule has 3 unspecified atom stereocenters. The first-order valence-electron chi connectivity index (χ1n) is 10.8. The fraction of sp³-hybridized carbons (Fsp3) is 0.375. The molecule has 0 bridgehead atoms. The molecule has 0 spiro atoms. The molecule has 2 aromatic rings. The number of hydrogen-bond acceptors (Lipinski definition) is 5. The summed E-state index contributed by atoms with van der Waals surface area (Å²) < 4.78 is 11.0. The van der Waals surface area contributed by atoms with Gasteiger partial charge in [0.2, 0.25) is 5.91 Å². The number of nitrogens with zero attached hydrogens (tertiary/aromatic N) is 1. The number of carbonyl (C=O) groups is 3. The summed E-state index contributed by atoms with van der Waals surface area (Å²) in [6.07, 6.45) is -0.169. The number of nitrogens with one attached hydrogen (secondary N) is 1. The van der Waals surface area contributed by atoms with Gasteiger partial charge in [-0.15, -0.1) is 0 Å². The molecule has 2 N–H and O–H groups in total. The van der Waals surface area contributed by atoms with E-state index in [1.165, 1.54) is 4.90 Å². The van der Waals surface area contributed by atoms with Crippen LogP contribution in [-0.2, 0) is 19.1 Å². The Morgan fingerprint density at radius 2 is 1.69 bits per heavy atom. The largest absolute Gasteiger partial charge is 0.480 e. The SMILES string of the molecule is O=C(NC1COCC1C(=O)N1CCC1C(=O)O)OCC1c2ccccc2-c2ccccc21. The molecule has 8 heteroatoms. The first kappa shape index (κ1) is 20.5. The Kier molecular flexibility index (Phi) is 5.30. The van der Waals surface area contributed by atoms with Crippen LogP contribution in [0, 0.1) is 5.92 Å². The van der Waals surface area contributed by atoms with Gasteiger partial charge in [-0.2, -0.15) is 0 Å². The van der Waals surface area contributed by atoms with E-state index in [2.05, 4.69) is 17.4 Å². The average Bonchev–Trinajstić information content (AvgIpc) is 3.33. The van der Waals surface area contributed by atoms with Crippen molar-refractivity contribution in [3.8, 4) is 11.1 Å². The molecule has 8 nitrogen and oxygen atoms in total. The van der Waals surface area contributed by atoms with Gasteiger partial charge in [0, 0.05) is 12.5 Å². The van der Waals surface area contributed by atoms with Crippen molar-refractivity contribution < 1.29 is 29.0 Å². The Morgan fingerprint density at radius 1 is 1.03 bits per heavy atom. The van der Waals surface area contributed by atoms with Crippen LogP contribution in [0.4, 0.5) is 4.79 Å². The smallest absolute Gasteiger partial charge is 0.407 e. The fourth-order valence-corrected chi connectivity index (χ4v) is 4.85. The number of fused-ring (bicyclic) bond motifs is 3. The number of benzene rings is 2. The molecule has 0 radical (unpaired) electrons. The van der Waals surface area contributed by atoms with Crippen molar-refractivity contribution in [1.29, 1.82) is 0 Å². The van der Waals surface area contributed by atoms with E-state index in [4.69, 9.17) is 9.47 Å². The van der Waals surface area contributed by atoms with Gasteiger partial charge in [0.1, 0.15) is 12.6 Å². The van der Waals surface area contributed by atoms with Crippen LogP contribution >= 0.6 is 0 Å². The molecule has 3 atom stereocenters. The van der Waals surface area contributed by atoms with E-state index in [9.17, 15) is 19.5 Å². The number of carboxylic acid groups (broad SMARTS) is 1. The summed E-state index contributed by atoms with van der Waals surface area (Å²) in [5.41, 5.74) is 4.54. The van der Waals surface area contributed by atoms with Crippen LogP contribution in [0.2, 0.25) is 0 Å². The highest BCUT2D eigenvalue weighted by Crippen LogP contribution is 2.44. The lowest BCUT2D eigenvalue weighted by Crippen LogP contribution is -2.59. The van der Waals surface area contributed by atoms with E-state index in [-0.39, 0.29) is 31.6 Å². The summed E-state index contributed by atoms with van der Waals surface area (Å²) in [6.45, 7) is 0.922. The maximum absolute atomic E-state index is 12.8. The summed E-state index contributed by atoms with van der Waals surface area (Å²) in [6, 6.07) is 14.8. The highest BCUT2D eigenvalue weighted by atomic mass is 16.5. The highest BCUT2D eigenvalue weighted by Gasteiger charge is 2.45. The van der Waals surface area contributed by atoms with E-state index in [0.29, 0.717) is 13.0 Å². The number of amides is 2. The minimum absolute atomic E-state index is 0.0529. The molecule has 0 aromatic heterocycles. The Hall–Kier alpha value is -3.39. The molecule has 3 aliphatic rings. The van der Waals surface area contributed by atoms with Crippen molar-refractivity contribution in [2.45, 2.75) is 24.4 Å². The number of carbonyl (C=O) groups excluding carboxylic acids is 2. The summed E-state index contributed by atoms with van der Waals surface area (Å²) in [5, 5.41) is 12.0. The zero-order valence-corrected chi connectivity index (χ0v) is 17.4. The molecule has 2 saturated heterocycles. The van der Waals surface area contributed by atoms with E-state index in [1.54, 1.807) is 0 Å². The van der Waals surface area contributed by atoms with Gasteiger partial charge in [-0.1, -0.05) is 48.5 Å². The summed E-state index contributed by atoms with van der Waals surface area (Å²) in [7, 11) is 0. The summed E-state index contributed by atoms with van der Waals surface area (Å²) >= 11 is 0. The number of alkyl carbamates (subject to hydrolysis) is 1. The Balaban J connectivity index is 1.22. The van der Waals surface area contributed by atoms with Crippen LogP contribution in [0.25, 0.3) is 11.1 Å². The van der Waals surface area contributed by atoms with E-state index < -0.39 is 30.1 Å². The van der Waals surface area contributed by atoms with Gasteiger partial charge in [-0.05, 0) is 28.7 Å². The second-order valence-corrected chi connectivity index (χ2v) is 8.39. The number of carboxylic acids is 1. The Bertz CT molecular complexity index is 1020. The molecule has 5 rings (SSSR count). The molecule has 166 valence electrons. The van der Waals surface area contributed by atoms with Gasteiger partial charge >= 0.3 is 12.1 Å². The van der Waals surface area contributed by atoms with Crippen molar-refractivity contribution in [3.05, 3.63) is 59.7 Å². The van der Waals surface area contributed by atoms with Crippen LogP contribution in [0.5, 0.6) is 0 Å². The predicted octanol–water partition coefficient (Wildman–Crippen LogP) is 2.23. The maximum atomic E-state index is 12.8. The predicted molar refractivity (Wildman–Crippen MR) is 114 cm³/mol. The van der Waals surface area contributed by atoms with Crippen molar-refractivity contribution in [2.24, 2.45) is 5.92 Å². The molecular formula is C24H24N2O6. The zero-order valence-electron chi connectivity index (χ0n) is 17.4. The first-order chi connectivity index (χ1) is 15.5.